The van der Waals surface area contributed by atoms with Crippen LogP contribution in [0.2, 0.25) is 5.28 Å². The van der Waals surface area contributed by atoms with E-state index < -0.39 is 5.97 Å². The molecule has 88 valence electrons. The highest BCUT2D eigenvalue weighted by Gasteiger charge is 2.13. The van der Waals surface area contributed by atoms with Crippen molar-refractivity contribution in [2.75, 3.05) is 5.32 Å². The average molecular weight is 270 g/mol. The van der Waals surface area contributed by atoms with Crippen LogP contribution in [0.1, 0.15) is 15.9 Å². The number of anilines is 2. The first-order valence-electron chi connectivity index (χ1n) is 4.64. The largest absolute Gasteiger partial charge is 0.477 e. The number of carbonyl (C=O) groups is 1. The highest BCUT2D eigenvalue weighted by atomic mass is 35.5. The molecule has 0 fully saturated rings. The Balaban J connectivity index is 2.37. The number of nitrogens with zero attached hydrogens (tertiary/aromatic N) is 2. The minimum atomic E-state index is -1.10. The van der Waals surface area contributed by atoms with Crippen molar-refractivity contribution in [3.63, 3.8) is 0 Å². The van der Waals surface area contributed by atoms with Crippen LogP contribution in [-0.4, -0.2) is 21.0 Å². The van der Waals surface area contributed by atoms with Gasteiger partial charge in [0.15, 0.2) is 5.82 Å². The SMILES string of the molecule is Cc1csc(Nc2nc(Cl)ncc2C(=O)O)c1. The van der Waals surface area contributed by atoms with Crippen LogP contribution in [0.5, 0.6) is 0 Å². The third kappa shape index (κ3) is 2.72. The fourth-order valence-electron chi connectivity index (χ4n) is 1.23. The molecule has 0 amide bonds. The van der Waals surface area contributed by atoms with E-state index >= 15 is 0 Å². The number of aromatic nitrogens is 2. The van der Waals surface area contributed by atoms with Crippen molar-refractivity contribution in [2.24, 2.45) is 0 Å². The molecule has 0 radical (unpaired) electrons. The summed E-state index contributed by atoms with van der Waals surface area (Å²) in [6, 6.07) is 1.90. The van der Waals surface area contributed by atoms with Crippen LogP contribution in [0.3, 0.4) is 0 Å². The average Bonchev–Trinajstić information content (AvgIpc) is 2.63. The predicted molar refractivity (Wildman–Crippen MR) is 66.3 cm³/mol. The first-order valence-corrected chi connectivity index (χ1v) is 5.90. The van der Waals surface area contributed by atoms with Crippen molar-refractivity contribution >= 4 is 39.7 Å². The summed E-state index contributed by atoms with van der Waals surface area (Å²) in [5, 5.41) is 14.7. The van der Waals surface area contributed by atoms with Crippen LogP contribution in [0, 0.1) is 6.92 Å². The Bertz CT molecular complexity index is 570. The van der Waals surface area contributed by atoms with Gasteiger partial charge in [-0.2, -0.15) is 4.98 Å². The van der Waals surface area contributed by atoms with E-state index in [-0.39, 0.29) is 16.7 Å². The molecule has 2 aromatic heterocycles. The fourth-order valence-corrected chi connectivity index (χ4v) is 2.15. The second kappa shape index (κ2) is 4.68. The highest BCUT2D eigenvalue weighted by molar-refractivity contribution is 7.14. The number of rotatable bonds is 3. The van der Waals surface area contributed by atoms with Crippen molar-refractivity contribution in [1.82, 2.24) is 9.97 Å². The lowest BCUT2D eigenvalue weighted by molar-refractivity contribution is 0.0697. The molecule has 0 aliphatic rings. The van der Waals surface area contributed by atoms with Gasteiger partial charge >= 0.3 is 5.97 Å². The molecule has 2 heterocycles. The summed E-state index contributed by atoms with van der Waals surface area (Å²) in [4.78, 5) is 18.5. The fraction of sp³-hybridized carbons (Fsp3) is 0.100. The van der Waals surface area contributed by atoms with Crippen molar-refractivity contribution in [2.45, 2.75) is 6.92 Å². The number of carboxylic acid groups (broad SMARTS) is 1. The smallest absolute Gasteiger partial charge is 0.341 e. The summed E-state index contributed by atoms with van der Waals surface area (Å²) in [5.74, 6) is -0.906. The van der Waals surface area contributed by atoms with Crippen LogP contribution in [0.15, 0.2) is 17.6 Å². The van der Waals surface area contributed by atoms with E-state index in [0.29, 0.717) is 0 Å². The van der Waals surface area contributed by atoms with Gasteiger partial charge < -0.3 is 10.4 Å². The van der Waals surface area contributed by atoms with Gasteiger partial charge in [-0.25, -0.2) is 9.78 Å². The number of aromatic carboxylic acids is 1. The summed E-state index contributed by atoms with van der Waals surface area (Å²) in [6.45, 7) is 1.95. The molecule has 0 saturated carbocycles. The normalized spacial score (nSPS) is 10.2. The Morgan fingerprint density at radius 3 is 2.94 bits per heavy atom. The second-order valence-corrected chi connectivity index (χ2v) is 4.57. The Hall–Kier alpha value is -1.66. The van der Waals surface area contributed by atoms with Gasteiger partial charge in [0.2, 0.25) is 5.28 Å². The number of hydrogen-bond donors (Lipinski definition) is 2. The number of thiophene rings is 1. The van der Waals surface area contributed by atoms with Crippen LogP contribution in [-0.2, 0) is 0 Å². The van der Waals surface area contributed by atoms with E-state index in [2.05, 4.69) is 15.3 Å². The molecule has 0 aliphatic heterocycles. The maximum Gasteiger partial charge on any atom is 0.341 e. The molecule has 7 heteroatoms. The van der Waals surface area contributed by atoms with Crippen LogP contribution in [0.4, 0.5) is 10.8 Å². The number of carboxylic acids is 1. The van der Waals surface area contributed by atoms with E-state index in [1.165, 1.54) is 17.5 Å². The van der Waals surface area contributed by atoms with Crippen molar-refractivity contribution < 1.29 is 9.90 Å². The molecule has 0 unspecified atom stereocenters. The lowest BCUT2D eigenvalue weighted by atomic mass is 10.3. The third-order valence-electron chi connectivity index (χ3n) is 1.96. The first-order chi connectivity index (χ1) is 8.06. The first kappa shape index (κ1) is 11.8. The second-order valence-electron chi connectivity index (χ2n) is 3.32. The van der Waals surface area contributed by atoms with Gasteiger partial charge in [0.25, 0.3) is 0 Å². The molecule has 2 aromatic rings. The molecule has 2 rings (SSSR count). The minimum absolute atomic E-state index is 0.00535. The number of aryl methyl sites for hydroxylation is 1. The zero-order valence-corrected chi connectivity index (χ0v) is 10.3. The molecular formula is C10H8ClN3O2S. The summed E-state index contributed by atoms with van der Waals surface area (Å²) in [7, 11) is 0. The molecular weight excluding hydrogens is 262 g/mol. The van der Waals surface area contributed by atoms with Gasteiger partial charge in [-0.3, -0.25) is 0 Å². The predicted octanol–water partition coefficient (Wildman–Crippen LogP) is 2.94. The van der Waals surface area contributed by atoms with Gasteiger partial charge in [0.1, 0.15) is 5.56 Å². The number of nitrogens with one attached hydrogen (secondary N) is 1. The minimum Gasteiger partial charge on any atom is -0.477 e. The molecule has 2 N–H and O–H groups in total. The quantitative estimate of drug-likeness (QED) is 0.838. The van der Waals surface area contributed by atoms with Crippen LogP contribution in [0.25, 0.3) is 0 Å². The number of hydrogen-bond acceptors (Lipinski definition) is 5. The molecule has 0 bridgehead atoms. The summed E-state index contributed by atoms with van der Waals surface area (Å²) in [6.07, 6.45) is 1.18. The maximum absolute atomic E-state index is 11.0. The van der Waals surface area contributed by atoms with Crippen molar-refractivity contribution in [1.29, 1.82) is 0 Å². The molecule has 5 nitrogen and oxygen atoms in total. The lowest BCUT2D eigenvalue weighted by Crippen LogP contribution is -2.05. The summed E-state index contributed by atoms with van der Waals surface area (Å²) < 4.78 is 0. The van der Waals surface area contributed by atoms with Crippen molar-refractivity contribution in [3.8, 4) is 0 Å². The summed E-state index contributed by atoms with van der Waals surface area (Å²) >= 11 is 7.10. The molecule has 0 spiro atoms. The maximum atomic E-state index is 11.0. The molecule has 0 aliphatic carbocycles. The number of halogens is 1. The third-order valence-corrected chi connectivity index (χ3v) is 3.11. The van der Waals surface area contributed by atoms with E-state index in [0.717, 1.165) is 10.6 Å². The van der Waals surface area contributed by atoms with Crippen LogP contribution < -0.4 is 5.32 Å². The van der Waals surface area contributed by atoms with Gasteiger partial charge in [0.05, 0.1) is 5.00 Å². The Kier molecular flexibility index (Phi) is 3.26. The monoisotopic (exact) mass is 269 g/mol. The van der Waals surface area contributed by atoms with Gasteiger partial charge in [0, 0.05) is 6.20 Å². The van der Waals surface area contributed by atoms with Gasteiger partial charge in [-0.1, -0.05) is 0 Å². The van der Waals surface area contributed by atoms with E-state index in [4.69, 9.17) is 16.7 Å². The van der Waals surface area contributed by atoms with E-state index in [9.17, 15) is 4.79 Å². The molecule has 0 saturated heterocycles. The highest BCUT2D eigenvalue weighted by Crippen LogP contribution is 2.25. The lowest BCUT2D eigenvalue weighted by Gasteiger charge is -2.05. The van der Waals surface area contributed by atoms with Gasteiger partial charge in [-0.15, -0.1) is 11.3 Å². The summed E-state index contributed by atoms with van der Waals surface area (Å²) in [5.41, 5.74) is 1.08. The molecule has 17 heavy (non-hydrogen) atoms. The standard InChI is InChI=1S/C10H8ClN3O2S/c1-5-2-7(17-4-5)13-8-6(9(15)16)3-12-10(11)14-8/h2-4H,1H3,(H,15,16)(H,12,13,14). The zero-order chi connectivity index (χ0) is 12.4. The van der Waals surface area contributed by atoms with E-state index in [1.54, 1.807) is 0 Å². The van der Waals surface area contributed by atoms with Crippen molar-refractivity contribution in [3.05, 3.63) is 34.1 Å². The van der Waals surface area contributed by atoms with E-state index in [1.807, 2.05) is 18.4 Å². The molecule has 0 atom stereocenters. The Morgan fingerprint density at radius 2 is 2.35 bits per heavy atom. The van der Waals surface area contributed by atoms with Gasteiger partial charge in [-0.05, 0) is 35.5 Å². The topological polar surface area (TPSA) is 75.1 Å². The Labute approximate surface area is 106 Å². The molecule has 0 aromatic carbocycles. The van der Waals surface area contributed by atoms with Crippen LogP contribution >= 0.6 is 22.9 Å². The zero-order valence-electron chi connectivity index (χ0n) is 8.77. The Morgan fingerprint density at radius 1 is 1.59 bits per heavy atom.